The van der Waals surface area contributed by atoms with Crippen molar-refractivity contribution in [2.45, 2.75) is 6.10 Å². The average molecular weight is 328 g/mol. The van der Waals surface area contributed by atoms with Crippen LogP contribution in [-0.2, 0) is 0 Å². The lowest BCUT2D eigenvalue weighted by molar-refractivity contribution is 0.0882. The molecule has 1 atom stereocenters. The van der Waals surface area contributed by atoms with Gasteiger partial charge in [-0.3, -0.25) is 9.59 Å². The quantitative estimate of drug-likeness (QED) is 0.489. The van der Waals surface area contributed by atoms with Gasteiger partial charge in [0.2, 0.25) is 0 Å². The van der Waals surface area contributed by atoms with Gasteiger partial charge in [-0.1, -0.05) is 6.07 Å². The Morgan fingerprint density at radius 1 is 1.25 bits per heavy atom. The fourth-order valence-corrected chi connectivity index (χ4v) is 2.18. The van der Waals surface area contributed by atoms with Gasteiger partial charge >= 0.3 is 0 Å². The molecular weight excluding hydrogens is 312 g/mol. The van der Waals surface area contributed by atoms with Crippen LogP contribution >= 0.6 is 0 Å². The largest absolute Gasteiger partial charge is 0.389 e. The van der Waals surface area contributed by atoms with Crippen LogP contribution in [0.15, 0.2) is 42.9 Å². The van der Waals surface area contributed by atoms with E-state index in [1.54, 1.807) is 12.3 Å². The van der Waals surface area contributed by atoms with Crippen LogP contribution in [0.5, 0.6) is 0 Å². The first-order valence-electron chi connectivity index (χ1n) is 7.30. The molecule has 4 N–H and O–H groups in total. The van der Waals surface area contributed by atoms with Crippen molar-refractivity contribution < 1.29 is 14.7 Å². The van der Waals surface area contributed by atoms with Crippen LogP contribution in [0.3, 0.4) is 0 Å². The van der Waals surface area contributed by atoms with Crippen LogP contribution in [0.1, 0.15) is 20.8 Å². The minimum atomic E-state index is -0.915. The summed E-state index contributed by atoms with van der Waals surface area (Å²) < 4.78 is 1.84. The summed E-state index contributed by atoms with van der Waals surface area (Å²) in [6, 6.07) is 7.41. The lowest BCUT2D eigenvalue weighted by Crippen LogP contribution is -2.40. The van der Waals surface area contributed by atoms with Gasteiger partial charge in [0.15, 0.2) is 5.69 Å². The van der Waals surface area contributed by atoms with Crippen molar-refractivity contribution in [2.24, 2.45) is 0 Å². The molecule has 3 heterocycles. The maximum atomic E-state index is 12.1. The number of fused-ring (bicyclic) bond motifs is 1. The van der Waals surface area contributed by atoms with Crippen molar-refractivity contribution >= 4 is 17.3 Å². The topological polar surface area (TPSA) is 124 Å². The summed E-state index contributed by atoms with van der Waals surface area (Å²) in [6.07, 6.45) is 3.92. The SMILES string of the molecule is O=C(NCC(O)CNC(=O)c1cn[nH]n1)c1cc2ccccn2c1. The monoisotopic (exact) mass is 328 g/mol. The van der Waals surface area contributed by atoms with Gasteiger partial charge in [-0.2, -0.15) is 15.4 Å². The van der Waals surface area contributed by atoms with Crippen LogP contribution < -0.4 is 10.6 Å². The number of aromatic nitrogens is 4. The number of H-pyrrole nitrogens is 1. The lowest BCUT2D eigenvalue weighted by atomic mass is 10.2. The third-order valence-electron chi connectivity index (χ3n) is 3.41. The molecule has 24 heavy (non-hydrogen) atoms. The number of carbonyl (C=O) groups excluding carboxylic acids is 2. The summed E-state index contributed by atoms with van der Waals surface area (Å²) in [7, 11) is 0. The zero-order valence-corrected chi connectivity index (χ0v) is 12.6. The lowest BCUT2D eigenvalue weighted by Gasteiger charge is -2.12. The predicted octanol–water partition coefficient (Wildman–Crippen LogP) is -0.422. The average Bonchev–Trinajstić information content (AvgIpc) is 3.26. The number of pyridine rings is 1. The number of aliphatic hydroxyl groups excluding tert-OH is 1. The van der Waals surface area contributed by atoms with E-state index < -0.39 is 12.0 Å². The molecule has 3 aromatic heterocycles. The molecule has 0 aliphatic rings. The normalized spacial score (nSPS) is 12.0. The smallest absolute Gasteiger partial charge is 0.273 e. The predicted molar refractivity (Wildman–Crippen MR) is 84.5 cm³/mol. The first-order valence-corrected chi connectivity index (χ1v) is 7.30. The highest BCUT2D eigenvalue weighted by molar-refractivity contribution is 5.95. The molecule has 0 aliphatic heterocycles. The molecule has 2 amide bonds. The number of carbonyl (C=O) groups is 2. The second-order valence-electron chi connectivity index (χ2n) is 5.19. The molecule has 0 aromatic carbocycles. The molecule has 3 aromatic rings. The van der Waals surface area contributed by atoms with Crippen molar-refractivity contribution in [1.29, 1.82) is 0 Å². The Bertz CT molecular complexity index is 809. The number of aromatic amines is 1. The van der Waals surface area contributed by atoms with Crippen LogP contribution in [0.2, 0.25) is 0 Å². The van der Waals surface area contributed by atoms with Gasteiger partial charge in [-0.05, 0) is 18.2 Å². The number of nitrogens with one attached hydrogen (secondary N) is 3. The number of hydrogen-bond donors (Lipinski definition) is 4. The maximum absolute atomic E-state index is 12.1. The Morgan fingerprint density at radius 3 is 2.75 bits per heavy atom. The summed E-state index contributed by atoms with van der Waals surface area (Å²) in [6.45, 7) is 0.00777. The number of rotatable bonds is 6. The first-order chi connectivity index (χ1) is 11.6. The minimum absolute atomic E-state index is 0.0102. The number of hydrogen-bond acceptors (Lipinski definition) is 5. The number of amides is 2. The van der Waals surface area contributed by atoms with E-state index in [1.165, 1.54) is 6.20 Å². The van der Waals surface area contributed by atoms with Gasteiger partial charge in [-0.15, -0.1) is 0 Å². The van der Waals surface area contributed by atoms with Crippen LogP contribution in [0, 0.1) is 0 Å². The highest BCUT2D eigenvalue weighted by Crippen LogP contribution is 2.09. The van der Waals surface area contributed by atoms with Crippen LogP contribution in [0.4, 0.5) is 0 Å². The van der Waals surface area contributed by atoms with E-state index in [4.69, 9.17) is 0 Å². The summed E-state index contributed by atoms with van der Waals surface area (Å²) in [5, 5.41) is 24.5. The number of aliphatic hydroxyl groups is 1. The second kappa shape index (κ2) is 6.92. The van der Waals surface area contributed by atoms with Crippen molar-refractivity contribution in [1.82, 2.24) is 30.4 Å². The molecule has 0 saturated carbocycles. The second-order valence-corrected chi connectivity index (χ2v) is 5.19. The van der Waals surface area contributed by atoms with Gasteiger partial charge in [0, 0.05) is 31.0 Å². The molecule has 0 bridgehead atoms. The zero-order valence-electron chi connectivity index (χ0n) is 12.6. The van der Waals surface area contributed by atoms with E-state index >= 15 is 0 Å². The minimum Gasteiger partial charge on any atom is -0.389 e. The van der Waals surface area contributed by atoms with E-state index in [-0.39, 0.29) is 24.7 Å². The fraction of sp³-hybridized carbons (Fsp3) is 0.200. The summed E-state index contributed by atoms with van der Waals surface area (Å²) in [5.74, 6) is -0.742. The summed E-state index contributed by atoms with van der Waals surface area (Å²) >= 11 is 0. The standard InChI is InChI=1S/C15H16N6O3/c22-12(7-17-15(24)13-8-18-20-19-13)6-16-14(23)10-5-11-3-1-2-4-21(11)9-10/h1-5,8-9,12,22H,6-7H2,(H,16,23)(H,17,24)(H,18,19,20). The van der Waals surface area contributed by atoms with Gasteiger partial charge in [-0.25, -0.2) is 0 Å². The first kappa shape index (κ1) is 15.7. The Hall–Kier alpha value is -3.20. The van der Waals surface area contributed by atoms with Crippen LogP contribution in [-0.4, -0.2) is 55.9 Å². The third kappa shape index (κ3) is 3.58. The molecule has 0 fully saturated rings. The molecule has 3 rings (SSSR count). The van der Waals surface area contributed by atoms with Gasteiger partial charge < -0.3 is 20.1 Å². The van der Waals surface area contributed by atoms with Gasteiger partial charge in [0.1, 0.15) is 0 Å². The van der Waals surface area contributed by atoms with E-state index in [9.17, 15) is 14.7 Å². The molecule has 9 heteroatoms. The molecule has 9 nitrogen and oxygen atoms in total. The Labute approximate surface area is 136 Å². The van der Waals surface area contributed by atoms with E-state index in [0.29, 0.717) is 5.56 Å². The highest BCUT2D eigenvalue weighted by Gasteiger charge is 2.13. The van der Waals surface area contributed by atoms with Crippen molar-refractivity contribution in [3.05, 3.63) is 54.1 Å². The summed E-state index contributed by atoms with van der Waals surface area (Å²) in [4.78, 5) is 23.7. The Kier molecular flexibility index (Phi) is 4.52. The van der Waals surface area contributed by atoms with E-state index in [1.807, 2.05) is 28.8 Å². The third-order valence-corrected chi connectivity index (χ3v) is 3.41. The van der Waals surface area contributed by atoms with Crippen molar-refractivity contribution in [2.75, 3.05) is 13.1 Å². The molecule has 1 unspecified atom stereocenters. The molecule has 124 valence electrons. The molecule has 0 aliphatic carbocycles. The highest BCUT2D eigenvalue weighted by atomic mass is 16.3. The number of nitrogens with zero attached hydrogens (tertiary/aromatic N) is 3. The van der Waals surface area contributed by atoms with Crippen molar-refractivity contribution in [3.63, 3.8) is 0 Å². The maximum Gasteiger partial charge on any atom is 0.273 e. The fourth-order valence-electron chi connectivity index (χ4n) is 2.18. The molecular formula is C15H16N6O3. The van der Waals surface area contributed by atoms with Crippen molar-refractivity contribution in [3.8, 4) is 0 Å². The Morgan fingerprint density at radius 2 is 2.04 bits per heavy atom. The van der Waals surface area contributed by atoms with Gasteiger partial charge in [0.25, 0.3) is 11.8 Å². The zero-order chi connectivity index (χ0) is 16.9. The molecule has 0 spiro atoms. The van der Waals surface area contributed by atoms with E-state index in [2.05, 4.69) is 26.0 Å². The Balaban J connectivity index is 1.47. The van der Waals surface area contributed by atoms with E-state index in [0.717, 1.165) is 5.52 Å². The van der Waals surface area contributed by atoms with Gasteiger partial charge in [0.05, 0.1) is 17.9 Å². The molecule has 0 saturated heterocycles. The summed E-state index contributed by atoms with van der Waals surface area (Å²) in [5.41, 5.74) is 1.54. The van der Waals surface area contributed by atoms with Crippen LogP contribution in [0.25, 0.3) is 5.52 Å². The molecule has 0 radical (unpaired) electrons.